The van der Waals surface area contributed by atoms with Crippen LogP contribution in [0.2, 0.25) is 0 Å². The number of hydrogen-bond acceptors (Lipinski definition) is 7. The number of carbonyl (C=O) groups is 2. The summed E-state index contributed by atoms with van der Waals surface area (Å²) >= 11 is 0. The predicted molar refractivity (Wildman–Crippen MR) is 88.9 cm³/mol. The van der Waals surface area contributed by atoms with Crippen LogP contribution in [0.25, 0.3) is 0 Å². The van der Waals surface area contributed by atoms with Gasteiger partial charge in [-0.05, 0) is 18.2 Å². The van der Waals surface area contributed by atoms with Crippen LogP contribution in [-0.2, 0) is 19.0 Å². The van der Waals surface area contributed by atoms with Gasteiger partial charge in [-0.25, -0.2) is 4.79 Å². The minimum absolute atomic E-state index is 0.0427. The second-order valence-electron chi connectivity index (χ2n) is 5.92. The fourth-order valence-corrected chi connectivity index (χ4v) is 2.59. The van der Waals surface area contributed by atoms with Gasteiger partial charge in [-0.3, -0.25) is 9.69 Å². The average Bonchev–Trinajstić information content (AvgIpc) is 2.59. The zero-order valence-electron chi connectivity index (χ0n) is 14.2. The van der Waals surface area contributed by atoms with E-state index in [-0.39, 0.29) is 18.6 Å². The summed E-state index contributed by atoms with van der Waals surface area (Å²) in [7, 11) is 1.31. The van der Waals surface area contributed by atoms with Crippen molar-refractivity contribution in [2.24, 2.45) is 0 Å². The standard InChI is InChI=1S/C17H22N2O6/c1-22-17(21)12-2-3-15(25-13-10-24-11-13)14(8-12)18-16(20)9-19-4-6-23-7-5-19/h2-3,8,13H,4-7,9-11H2,1H3,(H,18,20). The smallest absolute Gasteiger partial charge is 0.337 e. The van der Waals surface area contributed by atoms with Gasteiger partial charge in [0.1, 0.15) is 11.9 Å². The van der Waals surface area contributed by atoms with Crippen LogP contribution in [0.15, 0.2) is 18.2 Å². The Morgan fingerprint density at radius 3 is 2.64 bits per heavy atom. The van der Waals surface area contributed by atoms with Gasteiger partial charge in [0.15, 0.2) is 0 Å². The number of anilines is 1. The first-order chi connectivity index (χ1) is 12.2. The topological polar surface area (TPSA) is 86.3 Å². The fraction of sp³-hybridized carbons (Fsp3) is 0.529. The van der Waals surface area contributed by atoms with Crippen LogP contribution in [0.3, 0.4) is 0 Å². The van der Waals surface area contributed by atoms with Gasteiger partial charge in [0.25, 0.3) is 0 Å². The fourth-order valence-electron chi connectivity index (χ4n) is 2.59. The van der Waals surface area contributed by atoms with Crippen LogP contribution in [0.5, 0.6) is 5.75 Å². The lowest BCUT2D eigenvalue weighted by Gasteiger charge is -2.28. The summed E-state index contributed by atoms with van der Waals surface area (Å²) in [6.07, 6.45) is -0.0427. The molecule has 0 spiro atoms. The molecule has 8 heteroatoms. The van der Waals surface area contributed by atoms with Gasteiger partial charge in [-0.1, -0.05) is 0 Å². The van der Waals surface area contributed by atoms with Crippen molar-refractivity contribution in [3.8, 4) is 5.75 Å². The Labute approximate surface area is 146 Å². The van der Waals surface area contributed by atoms with Crippen LogP contribution in [0.4, 0.5) is 5.69 Å². The molecule has 2 fully saturated rings. The van der Waals surface area contributed by atoms with Crippen LogP contribution in [0, 0.1) is 0 Å². The van der Waals surface area contributed by atoms with Crippen LogP contribution in [0.1, 0.15) is 10.4 Å². The highest BCUT2D eigenvalue weighted by Crippen LogP contribution is 2.28. The zero-order chi connectivity index (χ0) is 17.6. The molecule has 2 aliphatic heterocycles. The molecule has 0 aromatic heterocycles. The molecule has 8 nitrogen and oxygen atoms in total. The van der Waals surface area contributed by atoms with E-state index >= 15 is 0 Å². The van der Waals surface area contributed by atoms with Gasteiger partial charge in [-0.2, -0.15) is 0 Å². The molecular weight excluding hydrogens is 328 g/mol. The molecule has 0 unspecified atom stereocenters. The Hall–Kier alpha value is -2.16. The predicted octanol–water partition coefficient (Wildman–Crippen LogP) is 0.521. The summed E-state index contributed by atoms with van der Waals surface area (Å²) in [6.45, 7) is 3.98. The average molecular weight is 350 g/mol. The number of esters is 1. The van der Waals surface area contributed by atoms with Crippen molar-refractivity contribution >= 4 is 17.6 Å². The largest absolute Gasteiger partial charge is 0.483 e. The number of methoxy groups -OCH3 is 1. The molecule has 0 saturated carbocycles. The first-order valence-electron chi connectivity index (χ1n) is 8.22. The summed E-state index contributed by atoms with van der Waals surface area (Å²) in [6, 6.07) is 4.84. The Morgan fingerprint density at radius 2 is 2.00 bits per heavy atom. The molecule has 25 heavy (non-hydrogen) atoms. The van der Waals surface area contributed by atoms with Crippen molar-refractivity contribution in [2.75, 3.05) is 58.5 Å². The molecule has 2 heterocycles. The minimum Gasteiger partial charge on any atom is -0.483 e. The van der Waals surface area contributed by atoms with E-state index in [2.05, 4.69) is 5.32 Å². The first-order valence-corrected chi connectivity index (χ1v) is 8.22. The van der Waals surface area contributed by atoms with E-state index in [0.29, 0.717) is 43.4 Å². The molecule has 1 aromatic rings. The van der Waals surface area contributed by atoms with Crippen molar-refractivity contribution in [1.29, 1.82) is 0 Å². The molecule has 0 aliphatic carbocycles. The third-order valence-electron chi connectivity index (χ3n) is 4.05. The summed E-state index contributed by atoms with van der Waals surface area (Å²) in [4.78, 5) is 26.1. The maximum absolute atomic E-state index is 12.4. The molecule has 2 saturated heterocycles. The maximum atomic E-state index is 12.4. The number of carbonyl (C=O) groups excluding carboxylic acids is 2. The molecule has 1 N–H and O–H groups in total. The van der Waals surface area contributed by atoms with E-state index in [1.807, 2.05) is 4.90 Å². The highest BCUT2D eigenvalue weighted by molar-refractivity contribution is 5.96. The molecule has 0 bridgehead atoms. The zero-order valence-corrected chi connectivity index (χ0v) is 14.2. The van der Waals surface area contributed by atoms with Crippen molar-refractivity contribution < 1.29 is 28.5 Å². The van der Waals surface area contributed by atoms with Gasteiger partial charge >= 0.3 is 5.97 Å². The summed E-state index contributed by atoms with van der Waals surface area (Å²) in [5, 5.41) is 2.84. The highest BCUT2D eigenvalue weighted by atomic mass is 16.6. The SMILES string of the molecule is COC(=O)c1ccc(OC2COC2)c(NC(=O)CN2CCOCC2)c1. The third kappa shape index (κ3) is 4.68. The number of benzene rings is 1. The van der Waals surface area contributed by atoms with Crippen molar-refractivity contribution in [2.45, 2.75) is 6.10 Å². The molecule has 136 valence electrons. The lowest BCUT2D eigenvalue weighted by atomic mass is 10.1. The van der Waals surface area contributed by atoms with E-state index in [1.165, 1.54) is 7.11 Å². The van der Waals surface area contributed by atoms with E-state index in [4.69, 9.17) is 18.9 Å². The van der Waals surface area contributed by atoms with E-state index in [1.54, 1.807) is 18.2 Å². The van der Waals surface area contributed by atoms with Crippen LogP contribution >= 0.6 is 0 Å². The summed E-state index contributed by atoms with van der Waals surface area (Å²) in [5.41, 5.74) is 0.800. The normalized spacial score (nSPS) is 18.3. The second-order valence-corrected chi connectivity index (χ2v) is 5.92. The Kier molecular flexibility index (Phi) is 5.85. The Morgan fingerprint density at radius 1 is 1.24 bits per heavy atom. The molecule has 3 rings (SSSR count). The molecule has 0 atom stereocenters. The van der Waals surface area contributed by atoms with Crippen molar-refractivity contribution in [3.05, 3.63) is 23.8 Å². The molecule has 0 radical (unpaired) electrons. The molecule has 2 aliphatic rings. The van der Waals surface area contributed by atoms with Gasteiger partial charge in [0, 0.05) is 13.1 Å². The van der Waals surface area contributed by atoms with Crippen LogP contribution in [-0.4, -0.2) is 76.1 Å². The lowest BCUT2D eigenvalue weighted by molar-refractivity contribution is -0.118. The summed E-state index contributed by atoms with van der Waals surface area (Å²) in [5.74, 6) is -0.128. The lowest BCUT2D eigenvalue weighted by Crippen LogP contribution is -2.41. The van der Waals surface area contributed by atoms with Gasteiger partial charge < -0.3 is 24.3 Å². The Bertz CT molecular complexity index is 626. The maximum Gasteiger partial charge on any atom is 0.337 e. The van der Waals surface area contributed by atoms with Crippen molar-refractivity contribution in [3.63, 3.8) is 0 Å². The van der Waals surface area contributed by atoms with Gasteiger partial charge in [-0.15, -0.1) is 0 Å². The second kappa shape index (κ2) is 8.28. The number of nitrogens with one attached hydrogen (secondary N) is 1. The van der Waals surface area contributed by atoms with Crippen LogP contribution < -0.4 is 10.1 Å². The number of nitrogens with zero attached hydrogens (tertiary/aromatic N) is 1. The monoisotopic (exact) mass is 350 g/mol. The third-order valence-corrected chi connectivity index (χ3v) is 4.05. The minimum atomic E-state index is -0.470. The quantitative estimate of drug-likeness (QED) is 0.749. The number of rotatable bonds is 6. The first kappa shape index (κ1) is 17.7. The number of ether oxygens (including phenoxy) is 4. The summed E-state index contributed by atoms with van der Waals surface area (Å²) < 4.78 is 20.9. The van der Waals surface area contributed by atoms with Crippen molar-refractivity contribution in [1.82, 2.24) is 4.90 Å². The number of morpholine rings is 1. The van der Waals surface area contributed by atoms with E-state index in [9.17, 15) is 9.59 Å². The Balaban J connectivity index is 1.70. The number of hydrogen-bond donors (Lipinski definition) is 1. The van der Waals surface area contributed by atoms with Gasteiger partial charge in [0.2, 0.25) is 5.91 Å². The molecule has 1 amide bonds. The van der Waals surface area contributed by atoms with E-state index < -0.39 is 5.97 Å². The van der Waals surface area contributed by atoms with Gasteiger partial charge in [0.05, 0.1) is 51.3 Å². The molecular formula is C17H22N2O6. The molecule has 1 aromatic carbocycles. The number of amides is 1. The van der Waals surface area contributed by atoms with E-state index in [0.717, 1.165) is 13.1 Å². The highest BCUT2D eigenvalue weighted by Gasteiger charge is 2.23.